The van der Waals surface area contributed by atoms with E-state index in [1.165, 1.54) is 6.92 Å². The lowest BCUT2D eigenvalue weighted by atomic mass is 10.2. The van der Waals surface area contributed by atoms with Crippen LogP contribution in [0.15, 0.2) is 27.8 Å². The van der Waals surface area contributed by atoms with Gasteiger partial charge >= 0.3 is 17.8 Å². The Labute approximate surface area is 201 Å². The maximum absolute atomic E-state index is 14.6. The molecule has 0 aliphatic carbocycles. The van der Waals surface area contributed by atoms with Crippen LogP contribution in [-0.2, 0) is 27.5 Å². The molecule has 14 heteroatoms. The Hall–Kier alpha value is -3.35. The summed E-state index contributed by atoms with van der Waals surface area (Å²) in [6.07, 6.45) is -5.65. The number of hydrogen-bond donors (Lipinski definition) is 1. The predicted molar refractivity (Wildman–Crippen MR) is 116 cm³/mol. The highest BCUT2D eigenvalue weighted by Crippen LogP contribution is 2.30. The minimum Gasteiger partial charge on any atom is -0.479 e. The molecule has 2 aromatic rings. The van der Waals surface area contributed by atoms with E-state index in [4.69, 9.17) is 21.1 Å². The lowest BCUT2D eigenvalue weighted by Gasteiger charge is -2.18. The Balaban J connectivity index is 2.28. The van der Waals surface area contributed by atoms with Gasteiger partial charge in [-0.3, -0.25) is 19.0 Å². The summed E-state index contributed by atoms with van der Waals surface area (Å²) in [5, 5.41) is 2.11. The Morgan fingerprint density at radius 2 is 1.86 bits per heavy atom. The van der Waals surface area contributed by atoms with E-state index in [0.717, 1.165) is 13.1 Å². The number of nitrogens with one attached hydrogen (secondary N) is 1. The van der Waals surface area contributed by atoms with E-state index in [9.17, 15) is 36.7 Å². The Bertz CT molecular complexity index is 1230. The van der Waals surface area contributed by atoms with Crippen LogP contribution in [0.5, 0.6) is 5.75 Å². The molecular weight excluding hydrogens is 502 g/mol. The minimum atomic E-state index is -4.99. The lowest BCUT2D eigenvalue weighted by Crippen LogP contribution is -2.41. The number of esters is 1. The molecule has 0 saturated carbocycles. The SMILES string of the molecule is CCCOC(=O)CCNC(=O)C(C)Oc1cc(-n2c(=O)cc(C(F)(F)F)n(C)c2=O)c(F)cc1Cl. The summed E-state index contributed by atoms with van der Waals surface area (Å²) in [6.45, 7) is 3.34. The van der Waals surface area contributed by atoms with Crippen molar-refractivity contribution >= 4 is 23.5 Å². The number of hydrogen-bond acceptors (Lipinski definition) is 6. The van der Waals surface area contributed by atoms with Gasteiger partial charge in [-0.25, -0.2) is 13.8 Å². The van der Waals surface area contributed by atoms with E-state index in [1.54, 1.807) is 0 Å². The number of alkyl halides is 3. The molecule has 2 rings (SSSR count). The second-order valence-electron chi connectivity index (χ2n) is 7.30. The fourth-order valence-corrected chi connectivity index (χ4v) is 3.06. The summed E-state index contributed by atoms with van der Waals surface area (Å²) in [4.78, 5) is 48.5. The molecule has 0 spiro atoms. The highest BCUT2D eigenvalue weighted by atomic mass is 35.5. The molecule has 1 atom stereocenters. The smallest absolute Gasteiger partial charge is 0.431 e. The van der Waals surface area contributed by atoms with Gasteiger partial charge in [0.15, 0.2) is 6.10 Å². The van der Waals surface area contributed by atoms with E-state index >= 15 is 0 Å². The van der Waals surface area contributed by atoms with Gasteiger partial charge in [-0.2, -0.15) is 13.2 Å². The molecule has 1 N–H and O–H groups in total. The second-order valence-corrected chi connectivity index (χ2v) is 7.71. The van der Waals surface area contributed by atoms with Crippen LogP contribution < -0.4 is 21.3 Å². The summed E-state index contributed by atoms with van der Waals surface area (Å²) in [5.41, 5.74) is -5.14. The molecule has 0 fully saturated rings. The van der Waals surface area contributed by atoms with Crippen LogP contribution in [0.2, 0.25) is 5.02 Å². The Morgan fingerprint density at radius 3 is 2.46 bits per heavy atom. The largest absolute Gasteiger partial charge is 0.479 e. The molecule has 0 bridgehead atoms. The number of ether oxygens (including phenoxy) is 2. The minimum absolute atomic E-state index is 0.0472. The molecular formula is C21H22ClF4N3O6. The number of carbonyl (C=O) groups is 2. The van der Waals surface area contributed by atoms with Gasteiger partial charge in [0.25, 0.3) is 11.5 Å². The first-order chi connectivity index (χ1) is 16.3. The quantitative estimate of drug-likeness (QED) is 0.400. The molecule has 1 heterocycles. The summed E-state index contributed by atoms with van der Waals surface area (Å²) in [5.74, 6) is -2.68. The van der Waals surface area contributed by atoms with Gasteiger partial charge in [0, 0.05) is 25.7 Å². The molecule has 1 unspecified atom stereocenters. The van der Waals surface area contributed by atoms with Crippen molar-refractivity contribution in [2.75, 3.05) is 13.2 Å². The Morgan fingerprint density at radius 1 is 1.20 bits per heavy atom. The molecule has 1 amide bonds. The molecule has 0 saturated heterocycles. The van der Waals surface area contributed by atoms with Crippen LogP contribution in [0, 0.1) is 5.82 Å². The fourth-order valence-electron chi connectivity index (χ4n) is 2.86. The van der Waals surface area contributed by atoms with Crippen molar-refractivity contribution in [1.29, 1.82) is 0 Å². The highest BCUT2D eigenvalue weighted by molar-refractivity contribution is 6.32. The van der Waals surface area contributed by atoms with E-state index < -0.39 is 52.6 Å². The third-order valence-corrected chi connectivity index (χ3v) is 4.92. The van der Waals surface area contributed by atoms with Gasteiger partial charge in [0.1, 0.15) is 17.3 Å². The molecule has 192 valence electrons. The van der Waals surface area contributed by atoms with Crippen LogP contribution in [-0.4, -0.2) is 40.3 Å². The van der Waals surface area contributed by atoms with E-state index in [0.29, 0.717) is 12.5 Å². The number of benzene rings is 1. The number of carbonyl (C=O) groups excluding carboxylic acids is 2. The number of nitrogens with zero attached hydrogens (tertiary/aromatic N) is 2. The van der Waals surface area contributed by atoms with Crippen LogP contribution >= 0.6 is 11.6 Å². The first-order valence-electron chi connectivity index (χ1n) is 10.3. The average Bonchev–Trinajstić information content (AvgIpc) is 2.76. The van der Waals surface area contributed by atoms with E-state index in [-0.39, 0.29) is 45.5 Å². The third-order valence-electron chi connectivity index (χ3n) is 4.62. The first kappa shape index (κ1) is 27.9. The molecule has 1 aromatic carbocycles. The lowest BCUT2D eigenvalue weighted by molar-refractivity contribution is -0.144. The fraction of sp³-hybridized carbons (Fsp3) is 0.429. The van der Waals surface area contributed by atoms with Crippen molar-refractivity contribution < 1.29 is 36.6 Å². The van der Waals surface area contributed by atoms with Gasteiger partial charge in [-0.1, -0.05) is 18.5 Å². The maximum Gasteiger partial charge on any atom is 0.431 e. The second kappa shape index (κ2) is 11.4. The van der Waals surface area contributed by atoms with Crippen LogP contribution in [0.1, 0.15) is 32.4 Å². The van der Waals surface area contributed by atoms with Crippen molar-refractivity contribution in [2.24, 2.45) is 7.05 Å². The van der Waals surface area contributed by atoms with Gasteiger partial charge in [-0.05, 0) is 19.4 Å². The zero-order chi connectivity index (χ0) is 26.5. The Kier molecular flexibility index (Phi) is 9.07. The van der Waals surface area contributed by atoms with Crippen molar-refractivity contribution in [3.05, 3.63) is 55.6 Å². The summed E-state index contributed by atoms with van der Waals surface area (Å²) in [7, 11) is 0.775. The number of rotatable bonds is 9. The third kappa shape index (κ3) is 6.84. The molecule has 0 aliphatic heterocycles. The molecule has 9 nitrogen and oxygen atoms in total. The number of amides is 1. The number of aromatic nitrogens is 2. The van der Waals surface area contributed by atoms with E-state index in [1.807, 2.05) is 6.92 Å². The van der Waals surface area contributed by atoms with Crippen molar-refractivity contribution in [3.63, 3.8) is 0 Å². The first-order valence-corrected chi connectivity index (χ1v) is 10.6. The molecule has 0 aliphatic rings. The van der Waals surface area contributed by atoms with Gasteiger partial charge in [0.2, 0.25) is 0 Å². The van der Waals surface area contributed by atoms with Gasteiger partial charge in [-0.15, -0.1) is 0 Å². The summed E-state index contributed by atoms with van der Waals surface area (Å²) in [6, 6.07) is 1.65. The molecule has 1 aromatic heterocycles. The molecule has 35 heavy (non-hydrogen) atoms. The van der Waals surface area contributed by atoms with Crippen molar-refractivity contribution in [1.82, 2.24) is 14.5 Å². The van der Waals surface area contributed by atoms with Gasteiger partial charge < -0.3 is 14.8 Å². The van der Waals surface area contributed by atoms with Crippen molar-refractivity contribution in [2.45, 2.75) is 39.0 Å². The maximum atomic E-state index is 14.6. The summed E-state index contributed by atoms with van der Waals surface area (Å²) < 4.78 is 64.4. The average molecular weight is 524 g/mol. The highest BCUT2D eigenvalue weighted by Gasteiger charge is 2.35. The van der Waals surface area contributed by atoms with Crippen LogP contribution in [0.4, 0.5) is 17.6 Å². The van der Waals surface area contributed by atoms with E-state index in [2.05, 4.69) is 5.32 Å². The van der Waals surface area contributed by atoms with Crippen molar-refractivity contribution in [3.8, 4) is 11.4 Å². The monoisotopic (exact) mass is 523 g/mol. The predicted octanol–water partition coefficient (Wildman–Crippen LogP) is 2.57. The topological polar surface area (TPSA) is 109 Å². The van der Waals surface area contributed by atoms with Gasteiger partial charge in [0.05, 0.1) is 23.7 Å². The number of halogens is 5. The van der Waals surface area contributed by atoms with Crippen LogP contribution in [0.25, 0.3) is 5.69 Å². The normalized spacial score (nSPS) is 12.2. The van der Waals surface area contributed by atoms with Crippen LogP contribution in [0.3, 0.4) is 0 Å². The standard InChI is InChI=1S/C21H22ClF4N3O6/c1-4-7-34-18(31)5-6-27-19(32)11(2)35-15-9-14(13(23)8-12(15)22)29-17(30)10-16(21(24,25)26)28(3)20(29)33/h8-11H,4-7H2,1-3H3,(H,27,32). The zero-order valence-electron chi connectivity index (χ0n) is 18.9. The molecule has 0 radical (unpaired) electrons. The summed E-state index contributed by atoms with van der Waals surface area (Å²) >= 11 is 5.95. The zero-order valence-corrected chi connectivity index (χ0v) is 19.6.